The van der Waals surface area contributed by atoms with E-state index < -0.39 is 6.04 Å². The van der Waals surface area contributed by atoms with Crippen LogP contribution in [0, 0.1) is 11.8 Å². The Morgan fingerprint density at radius 2 is 2.03 bits per heavy atom. The molecule has 1 aliphatic carbocycles. The van der Waals surface area contributed by atoms with Crippen LogP contribution in [-0.2, 0) is 9.59 Å². The van der Waals surface area contributed by atoms with Crippen LogP contribution < -0.4 is 16.0 Å². The fourth-order valence-electron chi connectivity index (χ4n) is 2.87. The van der Waals surface area contributed by atoms with Crippen molar-refractivity contribution >= 4 is 23.6 Å². The summed E-state index contributed by atoms with van der Waals surface area (Å²) >= 11 is 0. The Bertz CT molecular complexity index is 900. The summed E-state index contributed by atoms with van der Waals surface area (Å²) < 4.78 is 0. The summed E-state index contributed by atoms with van der Waals surface area (Å²) in [5.41, 5.74) is 0.773. The van der Waals surface area contributed by atoms with Crippen molar-refractivity contribution in [2.75, 3.05) is 51.4 Å². The zero-order valence-electron chi connectivity index (χ0n) is 21.1. The molecule has 1 saturated carbocycles. The Balaban J connectivity index is 1.78. The third-order valence-corrected chi connectivity index (χ3v) is 5.28. The topological polar surface area (TPSA) is 102 Å². The number of anilines is 2. The first-order valence-corrected chi connectivity index (χ1v) is 12.0. The van der Waals surface area contributed by atoms with Gasteiger partial charge >= 0.3 is 0 Å². The summed E-state index contributed by atoms with van der Waals surface area (Å²) in [6, 6.07) is -0.0546. The molecule has 1 fully saturated rings. The van der Waals surface area contributed by atoms with Crippen molar-refractivity contribution in [1.82, 2.24) is 25.1 Å². The van der Waals surface area contributed by atoms with Gasteiger partial charge in [-0.1, -0.05) is 24.8 Å². The van der Waals surface area contributed by atoms with Gasteiger partial charge in [-0.15, -0.1) is 0 Å². The van der Waals surface area contributed by atoms with Gasteiger partial charge in [0.25, 0.3) is 0 Å². The van der Waals surface area contributed by atoms with E-state index in [-0.39, 0.29) is 11.8 Å². The SMILES string of the molecule is CCCNc1nc(NC2CC2)ncc1C#CCCCNC(=O)[C@H](C)N(C)C(=O)C=CCN(C)C. The molecule has 1 aromatic heterocycles. The molecule has 34 heavy (non-hydrogen) atoms. The van der Waals surface area contributed by atoms with Gasteiger partial charge < -0.3 is 25.8 Å². The van der Waals surface area contributed by atoms with Crippen LogP contribution in [0.25, 0.3) is 0 Å². The summed E-state index contributed by atoms with van der Waals surface area (Å²) in [6.07, 6.45) is 9.71. The van der Waals surface area contributed by atoms with E-state index in [1.54, 1.807) is 26.2 Å². The molecule has 0 radical (unpaired) electrons. The van der Waals surface area contributed by atoms with Crippen molar-refractivity contribution in [2.24, 2.45) is 0 Å². The number of unbranched alkanes of at least 4 members (excludes halogenated alkanes) is 1. The second-order valence-corrected chi connectivity index (χ2v) is 8.79. The third kappa shape index (κ3) is 9.79. The van der Waals surface area contributed by atoms with Crippen LogP contribution in [0.5, 0.6) is 0 Å². The maximum atomic E-state index is 12.4. The van der Waals surface area contributed by atoms with Crippen molar-refractivity contribution in [2.45, 2.75) is 58.0 Å². The Labute approximate surface area is 203 Å². The summed E-state index contributed by atoms with van der Waals surface area (Å²) in [4.78, 5) is 36.9. The maximum Gasteiger partial charge on any atom is 0.246 e. The fraction of sp³-hybridized carbons (Fsp3) is 0.600. The Hall–Kier alpha value is -3.12. The molecule has 0 spiro atoms. The van der Waals surface area contributed by atoms with Gasteiger partial charge in [-0.25, -0.2) is 4.98 Å². The molecule has 0 unspecified atom stereocenters. The number of nitrogens with zero attached hydrogens (tertiary/aromatic N) is 4. The van der Waals surface area contributed by atoms with Crippen molar-refractivity contribution in [1.29, 1.82) is 0 Å². The van der Waals surface area contributed by atoms with Crippen molar-refractivity contribution < 1.29 is 9.59 Å². The first kappa shape index (κ1) is 27.1. The van der Waals surface area contributed by atoms with E-state index in [0.29, 0.717) is 37.9 Å². The maximum absolute atomic E-state index is 12.4. The number of rotatable bonds is 13. The lowest BCUT2D eigenvalue weighted by Crippen LogP contribution is -2.45. The van der Waals surface area contributed by atoms with Crippen molar-refractivity contribution in [3.05, 3.63) is 23.9 Å². The summed E-state index contributed by atoms with van der Waals surface area (Å²) in [5.74, 6) is 7.32. The molecule has 9 nitrogen and oxygen atoms in total. The molecule has 0 saturated heterocycles. The Kier molecular flexibility index (Phi) is 11.3. The number of carbonyl (C=O) groups is 2. The number of carbonyl (C=O) groups excluding carboxylic acids is 2. The zero-order chi connectivity index (χ0) is 24.9. The van der Waals surface area contributed by atoms with Gasteiger partial charge in [0.2, 0.25) is 17.8 Å². The van der Waals surface area contributed by atoms with Crippen LogP contribution in [0.15, 0.2) is 18.3 Å². The monoisotopic (exact) mass is 469 g/mol. The number of hydrogen-bond donors (Lipinski definition) is 3. The minimum atomic E-state index is -0.547. The number of aromatic nitrogens is 2. The van der Waals surface area contributed by atoms with Crippen LogP contribution in [0.2, 0.25) is 0 Å². The molecule has 1 aromatic rings. The highest BCUT2D eigenvalue weighted by molar-refractivity contribution is 5.92. The molecule has 0 bridgehead atoms. The lowest BCUT2D eigenvalue weighted by atomic mass is 10.2. The lowest BCUT2D eigenvalue weighted by molar-refractivity contribution is -0.135. The molecular weight excluding hydrogens is 430 g/mol. The summed E-state index contributed by atoms with van der Waals surface area (Å²) in [5, 5.41) is 9.52. The molecule has 2 amide bonds. The van der Waals surface area contributed by atoms with Crippen molar-refractivity contribution in [3.8, 4) is 11.8 Å². The summed E-state index contributed by atoms with van der Waals surface area (Å²) in [6.45, 7) is 5.82. The first-order chi connectivity index (χ1) is 16.3. The summed E-state index contributed by atoms with van der Waals surface area (Å²) in [7, 11) is 5.49. The Morgan fingerprint density at radius 1 is 1.26 bits per heavy atom. The van der Waals surface area contributed by atoms with E-state index in [1.807, 2.05) is 19.0 Å². The predicted molar refractivity (Wildman–Crippen MR) is 137 cm³/mol. The highest BCUT2D eigenvalue weighted by Gasteiger charge is 2.22. The number of amides is 2. The van der Waals surface area contributed by atoms with Gasteiger partial charge in [-0.05, 0) is 46.7 Å². The fourth-order valence-corrected chi connectivity index (χ4v) is 2.87. The third-order valence-electron chi connectivity index (χ3n) is 5.28. The molecule has 3 N–H and O–H groups in total. The first-order valence-electron chi connectivity index (χ1n) is 12.0. The molecule has 0 aromatic carbocycles. The van der Waals surface area contributed by atoms with Gasteiger partial charge in [0, 0.05) is 45.2 Å². The van der Waals surface area contributed by atoms with Gasteiger partial charge in [0.05, 0.1) is 11.8 Å². The van der Waals surface area contributed by atoms with Crippen LogP contribution in [0.3, 0.4) is 0 Å². The van der Waals surface area contributed by atoms with E-state index in [9.17, 15) is 9.59 Å². The van der Waals surface area contributed by atoms with Crippen LogP contribution in [0.4, 0.5) is 11.8 Å². The van der Waals surface area contributed by atoms with Gasteiger partial charge in [0.1, 0.15) is 11.9 Å². The smallest absolute Gasteiger partial charge is 0.246 e. The Morgan fingerprint density at radius 3 is 2.71 bits per heavy atom. The minimum absolute atomic E-state index is 0.178. The average Bonchev–Trinajstić information content (AvgIpc) is 3.63. The van der Waals surface area contributed by atoms with E-state index in [2.05, 4.69) is 44.7 Å². The highest BCUT2D eigenvalue weighted by atomic mass is 16.2. The predicted octanol–water partition coefficient (Wildman–Crippen LogP) is 2.09. The molecule has 1 heterocycles. The van der Waals surface area contributed by atoms with Gasteiger partial charge in [-0.2, -0.15) is 4.98 Å². The molecule has 1 aliphatic rings. The number of nitrogens with one attached hydrogen (secondary N) is 3. The lowest BCUT2D eigenvalue weighted by Gasteiger charge is -2.23. The molecular formula is C25H39N7O2. The second kappa shape index (κ2) is 14.2. The van der Waals surface area contributed by atoms with Gasteiger partial charge in [0.15, 0.2) is 0 Å². The molecule has 1 atom stereocenters. The quantitative estimate of drug-likeness (QED) is 0.231. The number of hydrogen-bond acceptors (Lipinski definition) is 7. The second-order valence-electron chi connectivity index (χ2n) is 8.79. The average molecular weight is 470 g/mol. The van der Waals surface area contributed by atoms with Gasteiger partial charge in [-0.3, -0.25) is 9.59 Å². The van der Waals surface area contributed by atoms with E-state index in [4.69, 9.17) is 0 Å². The molecule has 0 aliphatic heterocycles. The largest absolute Gasteiger partial charge is 0.369 e. The van der Waals surface area contributed by atoms with Crippen molar-refractivity contribution in [3.63, 3.8) is 0 Å². The van der Waals surface area contributed by atoms with E-state index in [0.717, 1.165) is 24.3 Å². The normalized spacial score (nSPS) is 13.8. The number of likely N-dealkylation sites (N-methyl/N-ethyl adjacent to an activating group) is 2. The minimum Gasteiger partial charge on any atom is -0.369 e. The molecule has 186 valence electrons. The standard InChI is InChI=1S/C25H39N7O2/c1-6-15-26-23-20(18-28-25(30-23)29-21-13-14-21)11-8-7-9-16-27-24(34)19(2)32(5)22(33)12-10-17-31(3)4/h10,12,18-19,21H,6-7,9,13-17H2,1-5H3,(H,27,34)(H2,26,28,29,30)/t19-/m0/s1. The zero-order valence-corrected chi connectivity index (χ0v) is 21.1. The van der Waals surface area contributed by atoms with Crippen LogP contribution in [0.1, 0.15) is 51.5 Å². The van der Waals surface area contributed by atoms with E-state index in [1.165, 1.54) is 23.8 Å². The van der Waals surface area contributed by atoms with Crippen LogP contribution in [-0.4, -0.2) is 84.4 Å². The molecule has 2 rings (SSSR count). The molecule has 9 heteroatoms. The highest BCUT2D eigenvalue weighted by Crippen LogP contribution is 2.23. The van der Waals surface area contributed by atoms with E-state index >= 15 is 0 Å². The van der Waals surface area contributed by atoms with Crippen LogP contribution >= 0.6 is 0 Å².